The van der Waals surface area contributed by atoms with Crippen molar-refractivity contribution in [3.8, 4) is 0 Å². The number of nitrogens with zero attached hydrogens (tertiary/aromatic N) is 1. The molecule has 3 unspecified atom stereocenters. The molecule has 6 heteroatoms. The lowest BCUT2D eigenvalue weighted by atomic mass is 9.65. The van der Waals surface area contributed by atoms with E-state index in [1.165, 1.54) is 19.3 Å². The van der Waals surface area contributed by atoms with E-state index in [0.29, 0.717) is 43.5 Å². The van der Waals surface area contributed by atoms with Gasteiger partial charge < -0.3 is 20.1 Å². The van der Waals surface area contributed by atoms with Crippen LogP contribution in [0.15, 0.2) is 0 Å². The third-order valence-electron chi connectivity index (χ3n) is 5.57. The number of halogens is 1. The summed E-state index contributed by atoms with van der Waals surface area (Å²) in [5.41, 5.74) is 6.33. The van der Waals surface area contributed by atoms with E-state index in [-0.39, 0.29) is 24.4 Å². The van der Waals surface area contributed by atoms with E-state index in [1.54, 1.807) is 7.11 Å². The van der Waals surface area contributed by atoms with E-state index in [4.69, 9.17) is 15.2 Å². The van der Waals surface area contributed by atoms with Crippen LogP contribution in [-0.2, 0) is 14.3 Å². The van der Waals surface area contributed by atoms with Gasteiger partial charge in [-0.1, -0.05) is 6.42 Å². The molecule has 0 aromatic carbocycles. The minimum absolute atomic E-state index is 0. The zero-order chi connectivity index (χ0) is 14.8. The number of rotatable bonds is 3. The van der Waals surface area contributed by atoms with Crippen molar-refractivity contribution in [2.45, 2.75) is 44.2 Å². The van der Waals surface area contributed by atoms with Gasteiger partial charge in [0.1, 0.15) is 0 Å². The maximum Gasteiger partial charge on any atom is 0.225 e. The monoisotopic (exact) mass is 332 g/mol. The predicted molar refractivity (Wildman–Crippen MR) is 87.0 cm³/mol. The molecule has 0 aromatic rings. The van der Waals surface area contributed by atoms with E-state index in [1.807, 2.05) is 4.90 Å². The molecule has 128 valence electrons. The Morgan fingerprint density at radius 3 is 2.64 bits per heavy atom. The average molecular weight is 333 g/mol. The summed E-state index contributed by atoms with van der Waals surface area (Å²) in [5, 5.41) is 0. The highest BCUT2D eigenvalue weighted by Crippen LogP contribution is 2.42. The van der Waals surface area contributed by atoms with E-state index < -0.39 is 0 Å². The third-order valence-corrected chi connectivity index (χ3v) is 5.57. The summed E-state index contributed by atoms with van der Waals surface area (Å²) in [6, 6.07) is 0.328. The molecule has 2 aliphatic carbocycles. The summed E-state index contributed by atoms with van der Waals surface area (Å²) in [5.74, 6) is 1.62. The number of hydrogen-bond donors (Lipinski definition) is 1. The van der Waals surface area contributed by atoms with Crippen molar-refractivity contribution in [3.63, 3.8) is 0 Å². The van der Waals surface area contributed by atoms with E-state index >= 15 is 0 Å². The van der Waals surface area contributed by atoms with Gasteiger partial charge in [0.15, 0.2) is 0 Å². The Bertz CT molecular complexity index is 366. The number of fused-ring (bicyclic) bond motifs is 2. The molecule has 3 rings (SSSR count). The normalized spacial score (nSPS) is 38.3. The first-order valence-corrected chi connectivity index (χ1v) is 8.34. The summed E-state index contributed by atoms with van der Waals surface area (Å²) in [6.07, 6.45) is 5.70. The van der Waals surface area contributed by atoms with Crippen LogP contribution in [0.3, 0.4) is 0 Å². The van der Waals surface area contributed by atoms with Gasteiger partial charge in [0.25, 0.3) is 0 Å². The average Bonchev–Trinajstić information content (AvgIpc) is 2.47. The Kier molecular flexibility index (Phi) is 6.50. The van der Waals surface area contributed by atoms with Crippen LogP contribution in [0.5, 0.6) is 0 Å². The molecule has 2 N–H and O–H groups in total. The van der Waals surface area contributed by atoms with Crippen LogP contribution in [0.1, 0.15) is 32.1 Å². The highest BCUT2D eigenvalue weighted by Gasteiger charge is 2.42. The molecule has 0 spiro atoms. The molecular weight excluding hydrogens is 304 g/mol. The Morgan fingerprint density at radius 1 is 1.32 bits per heavy atom. The maximum atomic E-state index is 12.8. The first-order chi connectivity index (χ1) is 10.2. The lowest BCUT2D eigenvalue weighted by Gasteiger charge is -2.45. The number of methoxy groups -OCH3 is 1. The van der Waals surface area contributed by atoms with Gasteiger partial charge in [0, 0.05) is 32.2 Å². The zero-order valence-electron chi connectivity index (χ0n) is 13.4. The van der Waals surface area contributed by atoms with Crippen molar-refractivity contribution >= 4 is 18.3 Å². The lowest BCUT2D eigenvalue weighted by Crippen LogP contribution is -2.53. The van der Waals surface area contributed by atoms with E-state index in [2.05, 4.69) is 0 Å². The SMILES string of the molecule is COCC1CN(C(=O)C2CC3CCCC(C2)C3N)CCO1.Cl. The molecule has 1 amide bonds. The van der Waals surface area contributed by atoms with Crippen molar-refractivity contribution in [2.24, 2.45) is 23.5 Å². The van der Waals surface area contributed by atoms with Crippen LogP contribution in [0, 0.1) is 17.8 Å². The van der Waals surface area contributed by atoms with Gasteiger partial charge in [-0.05, 0) is 37.5 Å². The molecule has 3 aliphatic rings. The van der Waals surface area contributed by atoms with Gasteiger partial charge in [-0.25, -0.2) is 0 Å². The standard InChI is InChI=1S/C16H28N2O3.ClH/c1-20-10-14-9-18(5-6-21-14)16(19)13-7-11-3-2-4-12(8-13)15(11)17;/h11-15H,2-10,17H2,1H3;1H. The van der Waals surface area contributed by atoms with Crippen molar-refractivity contribution in [2.75, 3.05) is 33.4 Å². The fourth-order valence-corrected chi connectivity index (χ4v) is 4.46. The second-order valence-corrected chi connectivity index (χ2v) is 6.93. The Labute approximate surface area is 139 Å². The molecule has 1 heterocycles. The zero-order valence-corrected chi connectivity index (χ0v) is 14.2. The summed E-state index contributed by atoms with van der Waals surface area (Å²) >= 11 is 0. The van der Waals surface area contributed by atoms with Gasteiger partial charge in [0.2, 0.25) is 5.91 Å². The van der Waals surface area contributed by atoms with E-state index in [9.17, 15) is 4.79 Å². The second kappa shape index (κ2) is 7.95. The number of nitrogens with two attached hydrogens (primary N) is 1. The first kappa shape index (κ1) is 18.0. The Balaban J connectivity index is 0.00000176. The smallest absolute Gasteiger partial charge is 0.225 e. The number of ether oxygens (including phenoxy) is 2. The van der Waals surface area contributed by atoms with Crippen LogP contribution in [0.4, 0.5) is 0 Å². The Morgan fingerprint density at radius 2 is 2.00 bits per heavy atom. The molecule has 2 bridgehead atoms. The minimum atomic E-state index is 0. The molecule has 3 atom stereocenters. The fourth-order valence-electron chi connectivity index (χ4n) is 4.46. The number of morpholine rings is 1. The molecule has 0 aromatic heterocycles. The predicted octanol–water partition coefficient (Wildman–Crippen LogP) is 1.44. The summed E-state index contributed by atoms with van der Waals surface area (Å²) in [4.78, 5) is 14.8. The Hall–Kier alpha value is -0.360. The molecule has 0 radical (unpaired) electrons. The molecule has 2 saturated carbocycles. The molecular formula is C16H29ClN2O3. The van der Waals surface area contributed by atoms with Gasteiger partial charge in [-0.15, -0.1) is 12.4 Å². The van der Waals surface area contributed by atoms with Crippen molar-refractivity contribution in [3.05, 3.63) is 0 Å². The number of amides is 1. The highest BCUT2D eigenvalue weighted by atomic mass is 35.5. The van der Waals surface area contributed by atoms with Gasteiger partial charge in [0.05, 0.1) is 19.3 Å². The fraction of sp³-hybridized carbons (Fsp3) is 0.938. The molecule has 3 fully saturated rings. The van der Waals surface area contributed by atoms with Crippen LogP contribution in [-0.4, -0.2) is 56.4 Å². The molecule has 5 nitrogen and oxygen atoms in total. The van der Waals surface area contributed by atoms with Crippen molar-refractivity contribution in [1.29, 1.82) is 0 Å². The first-order valence-electron chi connectivity index (χ1n) is 8.34. The van der Waals surface area contributed by atoms with Gasteiger partial charge >= 0.3 is 0 Å². The second-order valence-electron chi connectivity index (χ2n) is 6.93. The molecule has 1 aliphatic heterocycles. The third kappa shape index (κ3) is 3.75. The number of hydrogen-bond acceptors (Lipinski definition) is 4. The maximum absolute atomic E-state index is 12.8. The summed E-state index contributed by atoms with van der Waals surface area (Å²) in [7, 11) is 1.67. The van der Waals surface area contributed by atoms with Crippen LogP contribution >= 0.6 is 12.4 Å². The quantitative estimate of drug-likeness (QED) is 0.849. The topological polar surface area (TPSA) is 64.8 Å². The molecule has 22 heavy (non-hydrogen) atoms. The lowest BCUT2D eigenvalue weighted by molar-refractivity contribution is -0.148. The van der Waals surface area contributed by atoms with Crippen LogP contribution in [0.25, 0.3) is 0 Å². The van der Waals surface area contributed by atoms with Gasteiger partial charge in [-0.2, -0.15) is 0 Å². The summed E-state index contributed by atoms with van der Waals surface area (Å²) in [6.45, 7) is 2.57. The van der Waals surface area contributed by atoms with E-state index in [0.717, 1.165) is 19.4 Å². The number of carbonyl (C=O) groups is 1. The largest absolute Gasteiger partial charge is 0.382 e. The van der Waals surface area contributed by atoms with Gasteiger partial charge in [-0.3, -0.25) is 4.79 Å². The highest BCUT2D eigenvalue weighted by molar-refractivity contribution is 5.85. The number of carbonyl (C=O) groups excluding carboxylic acids is 1. The molecule has 1 saturated heterocycles. The minimum Gasteiger partial charge on any atom is -0.382 e. The van der Waals surface area contributed by atoms with Crippen LogP contribution in [0.2, 0.25) is 0 Å². The summed E-state index contributed by atoms with van der Waals surface area (Å²) < 4.78 is 10.8. The van der Waals surface area contributed by atoms with Crippen molar-refractivity contribution in [1.82, 2.24) is 4.90 Å². The van der Waals surface area contributed by atoms with Crippen molar-refractivity contribution < 1.29 is 14.3 Å². The van der Waals surface area contributed by atoms with Crippen LogP contribution < -0.4 is 5.73 Å².